The Morgan fingerprint density at radius 3 is 2.62 bits per heavy atom. The molecule has 4 aromatic carbocycles. The van der Waals surface area contributed by atoms with Crippen LogP contribution in [-0.4, -0.2) is 0 Å². The Kier molecular flexibility index (Phi) is 2.09. The lowest BCUT2D eigenvalue weighted by Crippen LogP contribution is -1.83. The first-order valence-electron chi connectivity index (χ1n) is 7.34. The van der Waals surface area contributed by atoms with E-state index in [1.165, 1.54) is 43.8 Å². The molecule has 0 aromatic heterocycles. The highest BCUT2D eigenvalue weighted by molar-refractivity contribution is 6.09. The smallest absolute Gasteiger partial charge is 0.00132 e. The summed E-state index contributed by atoms with van der Waals surface area (Å²) in [4.78, 5) is 0. The molecule has 0 saturated carbocycles. The monoisotopic (exact) mass is 265 g/mol. The molecule has 0 aliphatic heterocycles. The van der Waals surface area contributed by atoms with Crippen LogP contribution in [0.3, 0.4) is 0 Å². The minimum Gasteiger partial charge on any atom is -0.0619 e. The normalized spacial score (nSPS) is 12.6. The maximum Gasteiger partial charge on any atom is -0.00132 e. The molecule has 1 aliphatic carbocycles. The summed E-state index contributed by atoms with van der Waals surface area (Å²) in [7, 11) is 0. The fraction of sp³-hybridized carbons (Fsp3) is 0.0476. The molecule has 0 heteroatoms. The molecule has 97 valence electrons. The van der Waals surface area contributed by atoms with Gasteiger partial charge in [-0.25, -0.2) is 0 Å². The first-order chi connectivity index (χ1) is 10.4. The first kappa shape index (κ1) is 11.1. The summed E-state index contributed by atoms with van der Waals surface area (Å²) in [6.07, 6.45) is 1.05. The Hall–Kier alpha value is -2.60. The van der Waals surface area contributed by atoms with E-state index < -0.39 is 0 Å². The van der Waals surface area contributed by atoms with Gasteiger partial charge in [-0.05, 0) is 68.4 Å². The van der Waals surface area contributed by atoms with Crippen LogP contribution in [0.5, 0.6) is 0 Å². The maximum absolute atomic E-state index is 3.41. The Bertz CT molecular complexity index is 1010. The zero-order valence-corrected chi connectivity index (χ0v) is 11.6. The molecular formula is C21H13. The van der Waals surface area contributed by atoms with E-state index in [2.05, 4.69) is 66.7 Å². The van der Waals surface area contributed by atoms with Crippen molar-refractivity contribution in [2.45, 2.75) is 6.42 Å². The highest BCUT2D eigenvalue weighted by atomic mass is 14.2. The zero-order chi connectivity index (χ0) is 13.8. The molecule has 1 radical (unpaired) electrons. The number of hydrogen-bond donors (Lipinski definition) is 0. The van der Waals surface area contributed by atoms with Crippen molar-refractivity contribution in [2.24, 2.45) is 0 Å². The van der Waals surface area contributed by atoms with Crippen molar-refractivity contribution in [3.05, 3.63) is 83.9 Å². The lowest BCUT2D eigenvalue weighted by atomic mass is 9.96. The third-order valence-electron chi connectivity index (χ3n) is 4.56. The van der Waals surface area contributed by atoms with Gasteiger partial charge < -0.3 is 0 Å². The van der Waals surface area contributed by atoms with Crippen LogP contribution in [0.15, 0.2) is 66.7 Å². The van der Waals surface area contributed by atoms with E-state index in [4.69, 9.17) is 0 Å². The van der Waals surface area contributed by atoms with E-state index in [1.807, 2.05) is 6.07 Å². The second kappa shape index (κ2) is 3.95. The minimum atomic E-state index is 1.05. The fourth-order valence-electron chi connectivity index (χ4n) is 3.56. The van der Waals surface area contributed by atoms with Gasteiger partial charge in [0.05, 0.1) is 0 Å². The Morgan fingerprint density at radius 2 is 1.62 bits per heavy atom. The molecule has 1 aliphatic rings. The number of hydrogen-bond acceptors (Lipinski definition) is 0. The minimum absolute atomic E-state index is 1.05. The standard InChI is InChI=1S/C21H13/c1-3-7-18-14(5-1)9-10-16-12-21-17(13-20(16)18)11-15-6-2-4-8-19(15)21/h1-6,8-10,12-13H,11H2. The second-order valence-corrected chi connectivity index (χ2v) is 5.76. The van der Waals surface area contributed by atoms with Gasteiger partial charge in [0, 0.05) is 0 Å². The van der Waals surface area contributed by atoms with Crippen molar-refractivity contribution < 1.29 is 0 Å². The van der Waals surface area contributed by atoms with Crippen LogP contribution in [0.4, 0.5) is 0 Å². The highest BCUT2D eigenvalue weighted by Gasteiger charge is 2.18. The van der Waals surface area contributed by atoms with Gasteiger partial charge in [-0.2, -0.15) is 0 Å². The molecular weight excluding hydrogens is 252 g/mol. The number of fused-ring (bicyclic) bond motifs is 6. The van der Waals surface area contributed by atoms with Crippen molar-refractivity contribution in [2.75, 3.05) is 0 Å². The van der Waals surface area contributed by atoms with Gasteiger partial charge in [0.2, 0.25) is 0 Å². The molecule has 0 saturated heterocycles. The third kappa shape index (κ3) is 1.50. The number of benzene rings is 4. The van der Waals surface area contributed by atoms with Crippen LogP contribution in [0.25, 0.3) is 32.7 Å². The first-order valence-corrected chi connectivity index (χ1v) is 7.34. The van der Waals surface area contributed by atoms with Crippen molar-refractivity contribution in [1.82, 2.24) is 0 Å². The lowest BCUT2D eigenvalue weighted by molar-refractivity contribution is 1.27. The van der Waals surface area contributed by atoms with E-state index in [0.29, 0.717) is 0 Å². The van der Waals surface area contributed by atoms with Gasteiger partial charge in [-0.1, -0.05) is 54.6 Å². The summed E-state index contributed by atoms with van der Waals surface area (Å²) >= 11 is 0. The SMILES string of the molecule is [c]1cccc2ccc3cc4c(cc3c12)Cc1ccccc1-4. The summed E-state index contributed by atoms with van der Waals surface area (Å²) in [5, 5.41) is 5.12. The van der Waals surface area contributed by atoms with Crippen molar-refractivity contribution in [1.29, 1.82) is 0 Å². The molecule has 0 atom stereocenters. The summed E-state index contributed by atoms with van der Waals surface area (Å²) in [5.41, 5.74) is 5.67. The second-order valence-electron chi connectivity index (χ2n) is 5.76. The average Bonchev–Trinajstić information content (AvgIpc) is 2.90. The molecule has 0 spiro atoms. The van der Waals surface area contributed by atoms with Gasteiger partial charge >= 0.3 is 0 Å². The topological polar surface area (TPSA) is 0 Å². The van der Waals surface area contributed by atoms with E-state index in [9.17, 15) is 0 Å². The molecule has 21 heavy (non-hydrogen) atoms. The van der Waals surface area contributed by atoms with E-state index in [1.54, 1.807) is 0 Å². The number of rotatable bonds is 0. The quantitative estimate of drug-likeness (QED) is 0.330. The van der Waals surface area contributed by atoms with Crippen LogP contribution in [0.2, 0.25) is 0 Å². The summed E-state index contributed by atoms with van der Waals surface area (Å²) in [6.45, 7) is 0. The molecule has 0 N–H and O–H groups in total. The Morgan fingerprint density at radius 1 is 0.714 bits per heavy atom. The highest BCUT2D eigenvalue weighted by Crippen LogP contribution is 2.40. The van der Waals surface area contributed by atoms with E-state index in [-0.39, 0.29) is 0 Å². The van der Waals surface area contributed by atoms with Crippen LogP contribution in [0.1, 0.15) is 11.1 Å². The van der Waals surface area contributed by atoms with Crippen molar-refractivity contribution >= 4 is 21.5 Å². The summed E-state index contributed by atoms with van der Waals surface area (Å²) < 4.78 is 0. The molecule has 5 rings (SSSR count). The molecule has 0 heterocycles. The molecule has 0 bridgehead atoms. The van der Waals surface area contributed by atoms with Gasteiger partial charge in [0.15, 0.2) is 0 Å². The van der Waals surface area contributed by atoms with Gasteiger partial charge in [-0.3, -0.25) is 0 Å². The van der Waals surface area contributed by atoms with E-state index >= 15 is 0 Å². The molecule has 4 aromatic rings. The van der Waals surface area contributed by atoms with Crippen LogP contribution in [-0.2, 0) is 6.42 Å². The fourth-order valence-corrected chi connectivity index (χ4v) is 3.56. The van der Waals surface area contributed by atoms with Gasteiger partial charge in [0.25, 0.3) is 0 Å². The molecule has 0 nitrogen and oxygen atoms in total. The molecule has 0 fully saturated rings. The zero-order valence-electron chi connectivity index (χ0n) is 11.6. The molecule has 0 unspecified atom stereocenters. The Balaban J connectivity index is 1.89. The summed E-state index contributed by atoms with van der Waals surface area (Å²) in [5.74, 6) is 0. The van der Waals surface area contributed by atoms with E-state index in [0.717, 1.165) is 6.42 Å². The average molecular weight is 265 g/mol. The van der Waals surface area contributed by atoms with Crippen molar-refractivity contribution in [3.8, 4) is 11.1 Å². The lowest BCUT2D eigenvalue weighted by Gasteiger charge is -2.07. The largest absolute Gasteiger partial charge is 0.0619 e. The predicted octanol–water partition coefficient (Wildman–Crippen LogP) is 5.36. The Labute approximate surface area is 123 Å². The third-order valence-corrected chi connectivity index (χ3v) is 4.56. The van der Waals surface area contributed by atoms with Crippen molar-refractivity contribution in [3.63, 3.8) is 0 Å². The van der Waals surface area contributed by atoms with Crippen LogP contribution in [0, 0.1) is 6.07 Å². The predicted molar refractivity (Wildman–Crippen MR) is 88.5 cm³/mol. The van der Waals surface area contributed by atoms with Crippen LogP contribution >= 0.6 is 0 Å². The van der Waals surface area contributed by atoms with Gasteiger partial charge in [0.1, 0.15) is 0 Å². The molecule has 0 amide bonds. The summed E-state index contributed by atoms with van der Waals surface area (Å²) in [6, 6.07) is 27.5. The van der Waals surface area contributed by atoms with Gasteiger partial charge in [-0.15, -0.1) is 0 Å². The maximum atomic E-state index is 3.41. The van der Waals surface area contributed by atoms with Crippen LogP contribution < -0.4 is 0 Å².